The lowest BCUT2D eigenvalue weighted by molar-refractivity contribution is 0.0515. The van der Waals surface area contributed by atoms with E-state index in [2.05, 4.69) is 34.6 Å². The Labute approximate surface area is 184 Å². The molecule has 0 radical (unpaired) electrons. The standard InChI is InChI=1S/C27H46O2/c1-20(2)10-7-11-21(3)12-8-13-22(4)14-9-16-27(6)17-15-24-19-25(28)18-23(5)26(24)29-27/h18-22,28H,7-17H2,1-6H3/t21-,22-,27-/m1/s1/i5D3. The van der Waals surface area contributed by atoms with Gasteiger partial charge >= 0.3 is 0 Å². The lowest BCUT2D eigenvalue weighted by Crippen LogP contribution is -2.36. The van der Waals surface area contributed by atoms with Gasteiger partial charge in [0.2, 0.25) is 0 Å². The number of rotatable bonds is 12. The molecule has 0 aliphatic carbocycles. The van der Waals surface area contributed by atoms with Gasteiger partial charge in [0, 0.05) is 4.11 Å². The summed E-state index contributed by atoms with van der Waals surface area (Å²) >= 11 is 0. The Hall–Kier alpha value is -1.18. The number of aromatic hydroxyl groups is 1. The number of aryl methyl sites for hydroxylation is 2. The molecule has 1 aromatic rings. The largest absolute Gasteiger partial charge is 0.508 e. The lowest BCUT2D eigenvalue weighted by atomic mass is 9.85. The molecule has 3 atom stereocenters. The molecule has 0 amide bonds. The van der Waals surface area contributed by atoms with E-state index in [0.29, 0.717) is 11.7 Å². The molecule has 0 fully saturated rings. The Morgan fingerprint density at radius 1 is 1.00 bits per heavy atom. The van der Waals surface area contributed by atoms with Crippen molar-refractivity contribution in [1.29, 1.82) is 0 Å². The summed E-state index contributed by atoms with van der Waals surface area (Å²) in [6.45, 7) is 9.19. The number of fused-ring (bicyclic) bond motifs is 1. The van der Waals surface area contributed by atoms with Gasteiger partial charge in [-0.25, -0.2) is 0 Å². The first-order valence-electron chi connectivity index (χ1n) is 13.4. The van der Waals surface area contributed by atoms with Crippen LogP contribution in [0.2, 0.25) is 0 Å². The predicted molar refractivity (Wildman–Crippen MR) is 125 cm³/mol. The number of phenols is 1. The first-order valence-corrected chi connectivity index (χ1v) is 11.9. The average molecular weight is 406 g/mol. The Morgan fingerprint density at radius 3 is 2.24 bits per heavy atom. The van der Waals surface area contributed by atoms with E-state index in [1.165, 1.54) is 51.0 Å². The summed E-state index contributed by atoms with van der Waals surface area (Å²) in [6, 6.07) is 2.99. The van der Waals surface area contributed by atoms with Crippen molar-refractivity contribution in [2.45, 2.75) is 118 Å². The van der Waals surface area contributed by atoms with Crippen LogP contribution >= 0.6 is 0 Å². The first-order chi connectivity index (χ1) is 14.9. The van der Waals surface area contributed by atoms with Gasteiger partial charge in [-0.1, -0.05) is 72.6 Å². The minimum absolute atomic E-state index is 0.00476. The quantitative estimate of drug-likeness (QED) is 0.379. The molecule has 1 aromatic carbocycles. The van der Waals surface area contributed by atoms with E-state index >= 15 is 0 Å². The average Bonchev–Trinajstić information content (AvgIpc) is 2.66. The molecule has 1 N–H and O–H groups in total. The van der Waals surface area contributed by atoms with Crippen LogP contribution in [0.25, 0.3) is 0 Å². The maximum Gasteiger partial charge on any atom is 0.126 e. The Kier molecular flexibility index (Phi) is 7.69. The third-order valence-corrected chi connectivity index (χ3v) is 6.70. The molecule has 1 aliphatic heterocycles. The summed E-state index contributed by atoms with van der Waals surface area (Å²) in [5, 5.41) is 9.93. The number of hydrogen-bond acceptors (Lipinski definition) is 2. The van der Waals surface area contributed by atoms with Gasteiger partial charge in [-0.15, -0.1) is 0 Å². The Balaban J connectivity index is 1.77. The topological polar surface area (TPSA) is 29.5 Å². The fourth-order valence-electron chi connectivity index (χ4n) is 4.65. The molecule has 166 valence electrons. The van der Waals surface area contributed by atoms with Crippen LogP contribution in [-0.2, 0) is 6.42 Å². The van der Waals surface area contributed by atoms with Crippen molar-refractivity contribution in [1.82, 2.24) is 0 Å². The second-order valence-corrected chi connectivity index (χ2v) is 10.4. The minimum atomic E-state index is -2.29. The third-order valence-electron chi connectivity index (χ3n) is 6.70. The van der Waals surface area contributed by atoms with Gasteiger partial charge in [-0.05, 0) is 80.5 Å². The number of benzene rings is 1. The van der Waals surface area contributed by atoms with E-state index < -0.39 is 6.85 Å². The smallest absolute Gasteiger partial charge is 0.126 e. The van der Waals surface area contributed by atoms with Crippen LogP contribution in [0.3, 0.4) is 0 Å². The van der Waals surface area contributed by atoms with Crippen LogP contribution in [0.4, 0.5) is 0 Å². The van der Waals surface area contributed by atoms with Crippen LogP contribution in [0.5, 0.6) is 11.5 Å². The van der Waals surface area contributed by atoms with Crippen molar-refractivity contribution >= 4 is 0 Å². The molecule has 0 saturated carbocycles. The van der Waals surface area contributed by atoms with Gasteiger partial charge in [-0.3, -0.25) is 0 Å². The molecule has 2 rings (SSSR count). The zero-order valence-electron chi connectivity index (χ0n) is 22.5. The van der Waals surface area contributed by atoms with Crippen molar-refractivity contribution < 1.29 is 14.0 Å². The maximum atomic E-state index is 9.93. The van der Waals surface area contributed by atoms with Crippen molar-refractivity contribution in [3.05, 3.63) is 23.3 Å². The molecule has 1 aliphatic rings. The molecule has 0 aromatic heterocycles. The van der Waals surface area contributed by atoms with Gasteiger partial charge in [0.25, 0.3) is 0 Å². The fraction of sp³-hybridized carbons (Fsp3) is 0.778. The second-order valence-electron chi connectivity index (χ2n) is 10.4. The highest BCUT2D eigenvalue weighted by Crippen LogP contribution is 2.40. The lowest BCUT2D eigenvalue weighted by Gasteiger charge is -2.37. The van der Waals surface area contributed by atoms with Crippen LogP contribution in [-0.4, -0.2) is 10.7 Å². The zero-order valence-corrected chi connectivity index (χ0v) is 19.5. The third kappa shape index (κ3) is 8.22. The fourth-order valence-corrected chi connectivity index (χ4v) is 4.65. The number of phenolic OH excluding ortho intramolecular Hbond substituents is 1. The zero-order chi connectivity index (χ0) is 23.9. The van der Waals surface area contributed by atoms with E-state index in [0.717, 1.165) is 43.1 Å². The number of ether oxygens (including phenoxy) is 1. The SMILES string of the molecule is [2H]C([2H])([2H])c1cc(O)cc2c1O[C@](C)(CCC[C@H](C)CCC[C@H](C)CCCC(C)C)CC2. The Morgan fingerprint density at radius 2 is 1.62 bits per heavy atom. The van der Waals surface area contributed by atoms with Crippen molar-refractivity contribution in [3.63, 3.8) is 0 Å². The molecule has 2 heteroatoms. The van der Waals surface area contributed by atoms with Crippen LogP contribution < -0.4 is 4.74 Å². The summed E-state index contributed by atoms with van der Waals surface area (Å²) in [4.78, 5) is 0. The van der Waals surface area contributed by atoms with Crippen molar-refractivity contribution in [3.8, 4) is 11.5 Å². The van der Waals surface area contributed by atoms with Crippen LogP contribution in [0.15, 0.2) is 12.1 Å². The van der Waals surface area contributed by atoms with Crippen LogP contribution in [0.1, 0.15) is 114 Å². The summed E-state index contributed by atoms with van der Waals surface area (Å²) in [5.74, 6) is 2.84. The molecule has 0 unspecified atom stereocenters. The molecule has 0 spiro atoms. The second kappa shape index (κ2) is 11.3. The highest BCUT2D eigenvalue weighted by molar-refractivity contribution is 5.47. The molecular weight excluding hydrogens is 356 g/mol. The summed E-state index contributed by atoms with van der Waals surface area (Å²) in [7, 11) is 0. The van der Waals surface area contributed by atoms with Crippen molar-refractivity contribution in [2.24, 2.45) is 17.8 Å². The highest BCUT2D eigenvalue weighted by Gasteiger charge is 2.32. The van der Waals surface area contributed by atoms with E-state index in [1.54, 1.807) is 6.07 Å². The molecule has 0 bridgehead atoms. The molecule has 29 heavy (non-hydrogen) atoms. The Bertz CT molecular complexity index is 714. The minimum Gasteiger partial charge on any atom is -0.508 e. The van der Waals surface area contributed by atoms with Gasteiger partial charge in [0.15, 0.2) is 0 Å². The van der Waals surface area contributed by atoms with Gasteiger partial charge in [-0.2, -0.15) is 0 Å². The van der Waals surface area contributed by atoms with E-state index in [-0.39, 0.29) is 16.9 Å². The summed E-state index contributed by atoms with van der Waals surface area (Å²) < 4.78 is 29.8. The monoisotopic (exact) mass is 405 g/mol. The molecule has 2 nitrogen and oxygen atoms in total. The number of hydrogen-bond donors (Lipinski definition) is 1. The molecule has 1 heterocycles. The maximum absolute atomic E-state index is 9.93. The summed E-state index contributed by atoms with van der Waals surface area (Å²) in [5.41, 5.74) is 0.605. The van der Waals surface area contributed by atoms with E-state index in [9.17, 15) is 5.11 Å². The van der Waals surface area contributed by atoms with E-state index in [4.69, 9.17) is 8.85 Å². The van der Waals surface area contributed by atoms with E-state index in [1.807, 2.05) is 0 Å². The van der Waals surface area contributed by atoms with Gasteiger partial charge < -0.3 is 9.84 Å². The van der Waals surface area contributed by atoms with Crippen molar-refractivity contribution in [2.75, 3.05) is 0 Å². The van der Waals surface area contributed by atoms with Gasteiger partial charge in [0.1, 0.15) is 17.1 Å². The van der Waals surface area contributed by atoms with Crippen LogP contribution in [0, 0.1) is 24.6 Å². The first kappa shape index (κ1) is 19.8. The normalized spacial score (nSPS) is 22.9. The van der Waals surface area contributed by atoms with Gasteiger partial charge in [0.05, 0.1) is 0 Å². The summed E-state index contributed by atoms with van der Waals surface area (Å²) in [6.07, 6.45) is 12.8. The molecule has 0 saturated heterocycles. The highest BCUT2D eigenvalue weighted by atomic mass is 16.5. The predicted octanol–water partition coefficient (Wildman–Crippen LogP) is 8.22. The molecular formula is C27H46O2.